The molecule has 0 aliphatic carbocycles. The number of rotatable bonds is 15. The molecule has 0 aromatic heterocycles. The van der Waals surface area contributed by atoms with E-state index in [0.29, 0.717) is 37.6 Å². The van der Waals surface area contributed by atoms with Crippen LogP contribution < -0.4 is 15.2 Å². The van der Waals surface area contributed by atoms with Gasteiger partial charge in [-0.1, -0.05) is 26.8 Å². The van der Waals surface area contributed by atoms with Gasteiger partial charge in [-0.3, -0.25) is 4.90 Å². The number of nitrogens with zero attached hydrogens (tertiary/aromatic N) is 1. The number of likely N-dealkylation sites (tertiary alicyclic amines) is 1. The zero-order valence-electron chi connectivity index (χ0n) is 21.7. The zero-order chi connectivity index (χ0) is 23.5. The van der Waals surface area contributed by atoms with Crippen molar-refractivity contribution in [3.8, 4) is 11.5 Å². The van der Waals surface area contributed by atoms with Gasteiger partial charge in [0.1, 0.15) is 0 Å². The molecule has 1 aliphatic heterocycles. The van der Waals surface area contributed by atoms with Crippen molar-refractivity contribution in [1.29, 1.82) is 0 Å². The number of aliphatic hydroxyl groups is 1. The summed E-state index contributed by atoms with van der Waals surface area (Å²) in [7, 11) is 3.36. The number of nitrogens with two attached hydrogens (primary N) is 1. The summed E-state index contributed by atoms with van der Waals surface area (Å²) in [4.78, 5) is 2.42. The highest BCUT2D eigenvalue weighted by Crippen LogP contribution is 2.31. The van der Waals surface area contributed by atoms with Gasteiger partial charge in [0.15, 0.2) is 11.5 Å². The monoisotopic (exact) mass is 522 g/mol. The van der Waals surface area contributed by atoms with E-state index in [9.17, 15) is 5.11 Å². The predicted octanol–water partition coefficient (Wildman–Crippen LogP) is 4.72. The molecule has 1 aromatic carbocycles. The van der Waals surface area contributed by atoms with Gasteiger partial charge in [-0.2, -0.15) is 0 Å². The molecule has 1 aliphatic rings. The lowest BCUT2D eigenvalue weighted by molar-refractivity contribution is 0.0743. The topological polar surface area (TPSA) is 77.2 Å². The standard InChI is InChI=1S/C26H46N2O4.2ClH/c1-6-22-9-7-12-28(22)18-24(29)23(27)17-21(19(2)3)15-20-10-11-25(31-5)26(16-20)32-14-8-13-30-4;;/h10-11,16,19,21-24,29H,6-9,12-15,17-18,27H2,1-5H3;2*1H/t21-,22+,23-,24-;;/m0../s1. The number of hydrogen-bond donors (Lipinski definition) is 2. The molecule has 34 heavy (non-hydrogen) atoms. The molecule has 0 saturated carbocycles. The summed E-state index contributed by atoms with van der Waals surface area (Å²) in [6.45, 7) is 9.74. The van der Waals surface area contributed by atoms with Crippen LogP contribution in [0.25, 0.3) is 0 Å². The molecule has 8 heteroatoms. The second-order valence-electron chi connectivity index (χ2n) is 9.55. The fraction of sp³-hybridized carbons (Fsp3) is 0.769. The lowest BCUT2D eigenvalue weighted by Crippen LogP contribution is -2.46. The molecule has 1 heterocycles. The number of hydrogen-bond acceptors (Lipinski definition) is 6. The summed E-state index contributed by atoms with van der Waals surface area (Å²) in [5, 5.41) is 10.8. The van der Waals surface area contributed by atoms with E-state index in [0.717, 1.165) is 43.7 Å². The average Bonchev–Trinajstić information content (AvgIpc) is 3.23. The fourth-order valence-corrected chi connectivity index (χ4v) is 4.72. The average molecular weight is 524 g/mol. The van der Waals surface area contributed by atoms with Crippen LogP contribution in [0.4, 0.5) is 0 Å². The molecule has 0 amide bonds. The first-order chi connectivity index (χ1) is 15.4. The van der Waals surface area contributed by atoms with Crippen molar-refractivity contribution in [2.24, 2.45) is 17.6 Å². The van der Waals surface area contributed by atoms with E-state index in [2.05, 4.69) is 37.8 Å². The molecule has 1 saturated heterocycles. The molecule has 1 fully saturated rings. The van der Waals surface area contributed by atoms with Crippen molar-refractivity contribution < 1.29 is 19.3 Å². The normalized spacial score (nSPS) is 18.6. The Balaban J connectivity index is 0.00000544. The molecular weight excluding hydrogens is 475 g/mol. The van der Waals surface area contributed by atoms with E-state index in [-0.39, 0.29) is 30.9 Å². The maximum absolute atomic E-state index is 10.8. The number of benzene rings is 1. The first kappa shape index (κ1) is 33.2. The Morgan fingerprint density at radius 2 is 1.88 bits per heavy atom. The minimum Gasteiger partial charge on any atom is -0.493 e. The highest BCUT2D eigenvalue weighted by atomic mass is 35.5. The van der Waals surface area contributed by atoms with E-state index in [1.807, 2.05) is 6.07 Å². The Labute approximate surface area is 219 Å². The maximum atomic E-state index is 10.8. The molecule has 0 spiro atoms. The second-order valence-corrected chi connectivity index (χ2v) is 9.55. The van der Waals surface area contributed by atoms with Crippen LogP contribution in [0.15, 0.2) is 18.2 Å². The highest BCUT2D eigenvalue weighted by Gasteiger charge is 2.28. The molecule has 6 nitrogen and oxygen atoms in total. The lowest BCUT2D eigenvalue weighted by atomic mass is 9.83. The molecule has 0 unspecified atom stereocenters. The van der Waals surface area contributed by atoms with Crippen LogP contribution in [0.2, 0.25) is 0 Å². The van der Waals surface area contributed by atoms with Crippen molar-refractivity contribution >= 4 is 24.8 Å². The van der Waals surface area contributed by atoms with Gasteiger partial charge in [0.25, 0.3) is 0 Å². The van der Waals surface area contributed by atoms with Crippen molar-refractivity contribution in [3.05, 3.63) is 23.8 Å². The third kappa shape index (κ3) is 10.5. The van der Waals surface area contributed by atoms with Gasteiger partial charge in [0.05, 0.1) is 19.8 Å². The van der Waals surface area contributed by atoms with Crippen LogP contribution in [0.5, 0.6) is 11.5 Å². The van der Waals surface area contributed by atoms with Gasteiger partial charge >= 0.3 is 0 Å². The molecule has 3 N–H and O–H groups in total. The minimum absolute atomic E-state index is 0. The minimum atomic E-state index is -0.487. The van der Waals surface area contributed by atoms with E-state index in [4.69, 9.17) is 19.9 Å². The Morgan fingerprint density at radius 1 is 1.15 bits per heavy atom. The molecule has 2 rings (SSSR count). The molecule has 200 valence electrons. The number of β-amino-alcohol motifs (C(OH)–C–C–N with tert-alkyl or cyclic N) is 1. The van der Waals surface area contributed by atoms with Crippen LogP contribution >= 0.6 is 24.8 Å². The Morgan fingerprint density at radius 3 is 2.50 bits per heavy atom. The van der Waals surface area contributed by atoms with Gasteiger partial charge in [-0.05, 0) is 68.2 Å². The molecule has 4 atom stereocenters. The van der Waals surface area contributed by atoms with Gasteiger partial charge < -0.3 is 25.1 Å². The van der Waals surface area contributed by atoms with E-state index >= 15 is 0 Å². The number of halogens is 2. The van der Waals surface area contributed by atoms with Crippen molar-refractivity contribution in [2.75, 3.05) is 40.5 Å². The Bertz CT molecular complexity index is 666. The summed E-state index contributed by atoms with van der Waals surface area (Å²) in [6, 6.07) is 6.54. The quantitative estimate of drug-likeness (QED) is 0.324. The maximum Gasteiger partial charge on any atom is 0.161 e. The SMILES string of the molecule is CC[C@@H]1CCCN1C[C@H](O)[C@@H](N)C[C@H](Cc1ccc(OC)c(OCCCOC)c1)C(C)C.Cl.Cl. The lowest BCUT2D eigenvalue weighted by Gasteiger charge is -2.31. The summed E-state index contributed by atoms with van der Waals surface area (Å²) in [5.74, 6) is 2.37. The highest BCUT2D eigenvalue weighted by molar-refractivity contribution is 5.85. The van der Waals surface area contributed by atoms with Crippen LogP contribution in [-0.4, -0.2) is 68.7 Å². The van der Waals surface area contributed by atoms with Gasteiger partial charge in [-0.15, -0.1) is 24.8 Å². The zero-order valence-corrected chi connectivity index (χ0v) is 23.3. The number of ether oxygens (including phenoxy) is 3. The first-order valence-corrected chi connectivity index (χ1v) is 12.4. The molecule has 0 bridgehead atoms. The van der Waals surface area contributed by atoms with E-state index in [1.165, 1.54) is 18.4 Å². The van der Waals surface area contributed by atoms with Crippen molar-refractivity contribution in [3.63, 3.8) is 0 Å². The van der Waals surface area contributed by atoms with E-state index in [1.54, 1.807) is 14.2 Å². The van der Waals surface area contributed by atoms with Crippen molar-refractivity contribution in [1.82, 2.24) is 4.90 Å². The van der Waals surface area contributed by atoms with Gasteiger partial charge in [0, 0.05) is 38.8 Å². The van der Waals surface area contributed by atoms with Gasteiger partial charge in [-0.25, -0.2) is 0 Å². The summed E-state index contributed by atoms with van der Waals surface area (Å²) >= 11 is 0. The fourth-order valence-electron chi connectivity index (χ4n) is 4.72. The predicted molar refractivity (Wildman–Crippen MR) is 145 cm³/mol. The van der Waals surface area contributed by atoms with Crippen LogP contribution in [0.1, 0.15) is 58.4 Å². The van der Waals surface area contributed by atoms with E-state index < -0.39 is 6.10 Å². The van der Waals surface area contributed by atoms with Gasteiger partial charge in [0.2, 0.25) is 0 Å². The summed E-state index contributed by atoms with van der Waals surface area (Å²) in [6.07, 6.45) is 5.66. The third-order valence-corrected chi connectivity index (χ3v) is 6.88. The molecule has 0 radical (unpaired) electrons. The Kier molecular flexibility index (Phi) is 17.2. The molecular formula is C26H48Cl2N2O4. The van der Waals surface area contributed by atoms with Crippen LogP contribution in [0, 0.1) is 11.8 Å². The number of aliphatic hydroxyl groups excluding tert-OH is 1. The first-order valence-electron chi connectivity index (χ1n) is 12.4. The van der Waals surface area contributed by atoms with Crippen LogP contribution in [0.3, 0.4) is 0 Å². The summed E-state index contributed by atoms with van der Waals surface area (Å²) < 4.78 is 16.5. The largest absolute Gasteiger partial charge is 0.493 e. The second kappa shape index (κ2) is 17.6. The summed E-state index contributed by atoms with van der Waals surface area (Å²) in [5.41, 5.74) is 7.72. The van der Waals surface area contributed by atoms with Crippen molar-refractivity contribution in [2.45, 2.75) is 77.5 Å². The third-order valence-electron chi connectivity index (χ3n) is 6.88. The molecule has 1 aromatic rings. The smallest absolute Gasteiger partial charge is 0.161 e. The Hall–Kier alpha value is -0.760. The number of methoxy groups -OCH3 is 2. The van der Waals surface area contributed by atoms with Crippen LogP contribution in [-0.2, 0) is 11.2 Å².